The standard InChI is InChI=1S/C20H18N4O2/c1-13-8-9-14(11-18(13)24-10-4-7-19(24)25)22-20(26)17-12-21-15-5-2-3-6-16(15)23-17/h2-3,5-6,8-9,11-12H,4,7,10H2,1H3,(H,22,26). The van der Waals surface area contributed by atoms with Gasteiger partial charge in [-0.2, -0.15) is 0 Å². The van der Waals surface area contributed by atoms with Gasteiger partial charge in [-0.05, 0) is 43.2 Å². The smallest absolute Gasteiger partial charge is 0.275 e. The maximum Gasteiger partial charge on any atom is 0.275 e. The average molecular weight is 346 g/mol. The van der Waals surface area contributed by atoms with Crippen LogP contribution >= 0.6 is 0 Å². The van der Waals surface area contributed by atoms with Crippen LogP contribution in [0.3, 0.4) is 0 Å². The van der Waals surface area contributed by atoms with Gasteiger partial charge >= 0.3 is 0 Å². The third-order valence-corrected chi connectivity index (χ3v) is 4.51. The van der Waals surface area contributed by atoms with Gasteiger partial charge in [0.2, 0.25) is 5.91 Å². The molecule has 3 aromatic rings. The number of nitrogens with one attached hydrogen (secondary N) is 1. The molecule has 0 aliphatic carbocycles. The van der Waals surface area contributed by atoms with Crippen molar-refractivity contribution in [1.82, 2.24) is 9.97 Å². The zero-order valence-electron chi connectivity index (χ0n) is 14.4. The average Bonchev–Trinajstić information content (AvgIpc) is 3.08. The van der Waals surface area contributed by atoms with Crippen molar-refractivity contribution in [2.45, 2.75) is 19.8 Å². The van der Waals surface area contributed by atoms with Crippen LogP contribution in [0.4, 0.5) is 11.4 Å². The summed E-state index contributed by atoms with van der Waals surface area (Å²) >= 11 is 0. The maximum absolute atomic E-state index is 12.5. The topological polar surface area (TPSA) is 75.2 Å². The van der Waals surface area contributed by atoms with Crippen molar-refractivity contribution < 1.29 is 9.59 Å². The summed E-state index contributed by atoms with van der Waals surface area (Å²) in [6, 6.07) is 13.0. The molecule has 6 heteroatoms. The normalized spacial score (nSPS) is 14.0. The van der Waals surface area contributed by atoms with E-state index in [0.717, 1.165) is 23.2 Å². The Hall–Kier alpha value is -3.28. The monoisotopic (exact) mass is 346 g/mol. The van der Waals surface area contributed by atoms with Crippen molar-refractivity contribution in [2.24, 2.45) is 0 Å². The number of carbonyl (C=O) groups is 2. The summed E-state index contributed by atoms with van der Waals surface area (Å²) in [7, 11) is 0. The second kappa shape index (κ2) is 6.55. The van der Waals surface area contributed by atoms with Gasteiger partial charge in [-0.1, -0.05) is 18.2 Å². The fourth-order valence-corrected chi connectivity index (χ4v) is 3.14. The minimum atomic E-state index is -0.328. The molecule has 6 nitrogen and oxygen atoms in total. The lowest BCUT2D eigenvalue weighted by Gasteiger charge is -2.19. The van der Waals surface area contributed by atoms with Crippen LogP contribution in [-0.2, 0) is 4.79 Å². The predicted octanol–water partition coefficient (Wildman–Crippen LogP) is 3.32. The summed E-state index contributed by atoms with van der Waals surface area (Å²) in [5.74, 6) is -0.206. The number of amides is 2. The molecule has 1 aromatic heterocycles. The minimum Gasteiger partial charge on any atom is -0.321 e. The van der Waals surface area contributed by atoms with E-state index < -0.39 is 0 Å². The first-order valence-electron chi connectivity index (χ1n) is 8.56. The second-order valence-electron chi connectivity index (χ2n) is 6.35. The van der Waals surface area contributed by atoms with Gasteiger partial charge in [-0.3, -0.25) is 14.6 Å². The van der Waals surface area contributed by atoms with E-state index in [4.69, 9.17) is 0 Å². The van der Waals surface area contributed by atoms with Gasteiger partial charge in [0.1, 0.15) is 5.69 Å². The first-order valence-corrected chi connectivity index (χ1v) is 8.56. The molecule has 26 heavy (non-hydrogen) atoms. The number of rotatable bonds is 3. The van der Waals surface area contributed by atoms with Crippen molar-refractivity contribution in [2.75, 3.05) is 16.8 Å². The molecule has 1 N–H and O–H groups in total. The number of nitrogens with zero attached hydrogens (tertiary/aromatic N) is 3. The summed E-state index contributed by atoms with van der Waals surface area (Å²) in [5.41, 5.74) is 4.15. The number of carbonyl (C=O) groups excluding carboxylic acids is 2. The van der Waals surface area contributed by atoms with Gasteiger partial charge in [-0.25, -0.2) is 4.98 Å². The highest BCUT2D eigenvalue weighted by molar-refractivity contribution is 6.04. The van der Waals surface area contributed by atoms with E-state index in [1.165, 1.54) is 6.20 Å². The molecule has 0 spiro atoms. The zero-order chi connectivity index (χ0) is 18.1. The first kappa shape index (κ1) is 16.2. The van der Waals surface area contributed by atoms with E-state index in [1.54, 1.807) is 4.90 Å². The molecule has 0 radical (unpaired) electrons. The Labute approximate surface area is 150 Å². The van der Waals surface area contributed by atoms with Crippen molar-refractivity contribution in [3.8, 4) is 0 Å². The van der Waals surface area contributed by atoms with Crippen LogP contribution in [-0.4, -0.2) is 28.3 Å². The van der Waals surface area contributed by atoms with E-state index in [0.29, 0.717) is 24.2 Å². The fraction of sp³-hybridized carbons (Fsp3) is 0.200. The number of anilines is 2. The molecule has 1 fully saturated rings. The summed E-state index contributed by atoms with van der Waals surface area (Å²) in [4.78, 5) is 35.0. The van der Waals surface area contributed by atoms with Crippen LogP contribution in [0, 0.1) is 6.92 Å². The van der Waals surface area contributed by atoms with E-state index in [-0.39, 0.29) is 17.5 Å². The van der Waals surface area contributed by atoms with E-state index >= 15 is 0 Å². The highest BCUT2D eigenvalue weighted by Crippen LogP contribution is 2.28. The number of benzene rings is 2. The molecule has 2 heterocycles. The number of para-hydroxylation sites is 2. The third-order valence-electron chi connectivity index (χ3n) is 4.51. The molecule has 2 aromatic carbocycles. The largest absolute Gasteiger partial charge is 0.321 e. The van der Waals surface area contributed by atoms with Gasteiger partial charge < -0.3 is 10.2 Å². The lowest BCUT2D eigenvalue weighted by Crippen LogP contribution is -2.24. The molecule has 0 unspecified atom stereocenters. The molecule has 1 aliphatic heterocycles. The van der Waals surface area contributed by atoms with Crippen LogP contribution in [0.5, 0.6) is 0 Å². The van der Waals surface area contributed by atoms with Crippen LogP contribution in [0.1, 0.15) is 28.9 Å². The van der Waals surface area contributed by atoms with Gasteiger partial charge in [0.25, 0.3) is 5.91 Å². The van der Waals surface area contributed by atoms with Crippen LogP contribution < -0.4 is 10.2 Å². The van der Waals surface area contributed by atoms with Gasteiger partial charge in [0.15, 0.2) is 0 Å². The summed E-state index contributed by atoms with van der Waals surface area (Å²) in [6.07, 6.45) is 2.90. The van der Waals surface area contributed by atoms with E-state index in [1.807, 2.05) is 49.4 Å². The first-order chi connectivity index (χ1) is 12.6. The molecule has 0 bridgehead atoms. The quantitative estimate of drug-likeness (QED) is 0.789. The van der Waals surface area contributed by atoms with Gasteiger partial charge in [-0.15, -0.1) is 0 Å². The van der Waals surface area contributed by atoms with Crippen molar-refractivity contribution >= 4 is 34.2 Å². The Balaban J connectivity index is 1.59. The van der Waals surface area contributed by atoms with Gasteiger partial charge in [0.05, 0.1) is 17.2 Å². The lowest BCUT2D eigenvalue weighted by atomic mass is 10.1. The number of hydrogen-bond donors (Lipinski definition) is 1. The zero-order valence-corrected chi connectivity index (χ0v) is 14.4. The molecule has 1 saturated heterocycles. The van der Waals surface area contributed by atoms with E-state index in [9.17, 15) is 9.59 Å². The molecule has 0 saturated carbocycles. The van der Waals surface area contributed by atoms with E-state index in [2.05, 4.69) is 15.3 Å². The highest BCUT2D eigenvalue weighted by Gasteiger charge is 2.23. The SMILES string of the molecule is Cc1ccc(NC(=O)c2cnc3ccccc3n2)cc1N1CCCC1=O. The molecule has 2 amide bonds. The summed E-state index contributed by atoms with van der Waals surface area (Å²) in [5, 5.41) is 2.85. The van der Waals surface area contributed by atoms with Gasteiger partial charge in [0, 0.05) is 24.3 Å². The Bertz CT molecular complexity index is 1020. The van der Waals surface area contributed by atoms with Crippen molar-refractivity contribution in [3.63, 3.8) is 0 Å². The Morgan fingerprint density at radius 3 is 2.73 bits per heavy atom. The summed E-state index contributed by atoms with van der Waals surface area (Å²) in [6.45, 7) is 2.68. The minimum absolute atomic E-state index is 0.122. The number of fused-ring (bicyclic) bond motifs is 1. The maximum atomic E-state index is 12.5. The summed E-state index contributed by atoms with van der Waals surface area (Å²) < 4.78 is 0. The Kier molecular flexibility index (Phi) is 4.08. The van der Waals surface area contributed by atoms with Crippen LogP contribution in [0.15, 0.2) is 48.7 Å². The molecule has 130 valence electrons. The van der Waals surface area contributed by atoms with Crippen molar-refractivity contribution in [3.05, 3.63) is 59.9 Å². The lowest BCUT2D eigenvalue weighted by molar-refractivity contribution is -0.117. The van der Waals surface area contributed by atoms with Crippen LogP contribution in [0.25, 0.3) is 11.0 Å². The molecule has 4 rings (SSSR count). The molecular formula is C20H18N4O2. The Morgan fingerprint density at radius 1 is 1.15 bits per heavy atom. The number of aromatic nitrogens is 2. The van der Waals surface area contributed by atoms with Crippen LogP contribution in [0.2, 0.25) is 0 Å². The Morgan fingerprint density at radius 2 is 1.96 bits per heavy atom. The molecular weight excluding hydrogens is 328 g/mol. The number of hydrogen-bond acceptors (Lipinski definition) is 4. The second-order valence-corrected chi connectivity index (χ2v) is 6.35. The highest BCUT2D eigenvalue weighted by atomic mass is 16.2. The number of aryl methyl sites for hydroxylation is 1. The van der Waals surface area contributed by atoms with Crippen molar-refractivity contribution in [1.29, 1.82) is 0 Å². The third kappa shape index (κ3) is 3.01. The molecule has 1 aliphatic rings. The fourth-order valence-electron chi connectivity index (χ4n) is 3.14. The molecule has 0 atom stereocenters. The predicted molar refractivity (Wildman–Crippen MR) is 100 cm³/mol.